The minimum atomic E-state index is -4.08. The molecule has 1 aromatic heterocycles. The fraction of sp³-hybridized carbons (Fsp3) is 0.583. The highest BCUT2D eigenvalue weighted by molar-refractivity contribution is 7.63. The van der Waals surface area contributed by atoms with Crippen LogP contribution in [-0.2, 0) is 23.3 Å². The van der Waals surface area contributed by atoms with Gasteiger partial charge in [-0.05, 0) is 32.9 Å². The summed E-state index contributed by atoms with van der Waals surface area (Å²) in [6, 6.07) is 3.15. The molecule has 1 rings (SSSR count). The van der Waals surface area contributed by atoms with Crippen LogP contribution in [0.3, 0.4) is 0 Å². The topological polar surface area (TPSA) is 95.0 Å². The Morgan fingerprint density at radius 1 is 1.29 bits per heavy atom. The first-order valence-electron chi connectivity index (χ1n) is 6.65. The minimum Gasteiger partial charge on any atom is -0.492 e. The number of pyridine rings is 1. The third-order valence-electron chi connectivity index (χ3n) is 2.60. The molecule has 1 unspecified atom stereocenters. The molecular formula is C12H21NO6P2. The van der Waals surface area contributed by atoms with Crippen LogP contribution in [0.1, 0.15) is 26.5 Å². The van der Waals surface area contributed by atoms with Gasteiger partial charge < -0.3 is 23.5 Å². The van der Waals surface area contributed by atoms with Crippen molar-refractivity contribution in [3.63, 3.8) is 0 Å². The molecule has 21 heavy (non-hydrogen) atoms. The molecule has 0 aliphatic rings. The standard InChI is InChI=1S/C12H21NO6P2/c1-4-17-10-8-7-9-13-11(10)12(14,20-15)21(16,18-5-2)19-6-3/h7-9,14H,4-6,20H2,1-3H3/t12-/m1/s1. The molecule has 120 valence electrons. The summed E-state index contributed by atoms with van der Waals surface area (Å²) in [5.41, 5.74) is -0.0953. The maximum atomic E-state index is 12.9. The minimum absolute atomic E-state index is 0.0375. The second kappa shape index (κ2) is 8.06. The Balaban J connectivity index is 3.43. The lowest BCUT2D eigenvalue weighted by atomic mass is 10.3. The Morgan fingerprint density at radius 3 is 2.38 bits per heavy atom. The van der Waals surface area contributed by atoms with Crippen LogP contribution in [0.15, 0.2) is 18.3 Å². The smallest absolute Gasteiger partial charge is 0.375 e. The van der Waals surface area contributed by atoms with Crippen molar-refractivity contribution in [1.29, 1.82) is 0 Å². The zero-order valence-electron chi connectivity index (χ0n) is 12.3. The predicted octanol–water partition coefficient (Wildman–Crippen LogP) is 2.61. The monoisotopic (exact) mass is 337 g/mol. The van der Waals surface area contributed by atoms with Crippen molar-refractivity contribution in [2.75, 3.05) is 19.8 Å². The van der Waals surface area contributed by atoms with E-state index in [-0.39, 0.29) is 24.7 Å². The molecule has 1 heterocycles. The van der Waals surface area contributed by atoms with Crippen molar-refractivity contribution in [2.45, 2.75) is 25.9 Å². The molecule has 1 N–H and O–H groups in total. The first-order valence-corrected chi connectivity index (χ1v) is 9.24. The van der Waals surface area contributed by atoms with E-state index >= 15 is 0 Å². The van der Waals surface area contributed by atoms with Gasteiger partial charge in [0, 0.05) is 6.20 Å². The van der Waals surface area contributed by atoms with Crippen LogP contribution in [-0.4, -0.2) is 29.9 Å². The van der Waals surface area contributed by atoms with Crippen molar-refractivity contribution in [1.82, 2.24) is 4.98 Å². The van der Waals surface area contributed by atoms with Gasteiger partial charge in [0.05, 0.1) is 19.8 Å². The van der Waals surface area contributed by atoms with E-state index in [4.69, 9.17) is 13.8 Å². The average Bonchev–Trinajstić information content (AvgIpc) is 2.47. The summed E-state index contributed by atoms with van der Waals surface area (Å²) in [6.45, 7) is 5.36. The van der Waals surface area contributed by atoms with Crippen molar-refractivity contribution < 1.29 is 28.0 Å². The first-order chi connectivity index (χ1) is 9.99. The second-order valence-electron chi connectivity index (χ2n) is 3.96. The van der Waals surface area contributed by atoms with Gasteiger partial charge >= 0.3 is 7.60 Å². The van der Waals surface area contributed by atoms with Gasteiger partial charge in [-0.15, -0.1) is 0 Å². The van der Waals surface area contributed by atoms with Gasteiger partial charge in [0.15, 0.2) is 0 Å². The third kappa shape index (κ3) is 3.74. The highest BCUT2D eigenvalue weighted by atomic mass is 31.2. The van der Waals surface area contributed by atoms with Gasteiger partial charge in [-0.2, -0.15) is 0 Å². The Hall–Kier alpha value is -0.710. The summed E-state index contributed by atoms with van der Waals surface area (Å²) < 4.78 is 40.2. The SMILES string of the molecule is CCOc1cccnc1[C@@](O)([PH2]=O)P(=O)(OCC)OCC. The van der Waals surface area contributed by atoms with E-state index in [9.17, 15) is 14.2 Å². The van der Waals surface area contributed by atoms with Crippen molar-refractivity contribution in [2.24, 2.45) is 0 Å². The maximum absolute atomic E-state index is 12.9. The van der Waals surface area contributed by atoms with Crippen LogP contribution in [0.25, 0.3) is 0 Å². The predicted molar refractivity (Wildman–Crippen MR) is 80.6 cm³/mol. The Kier molecular flexibility index (Phi) is 7.04. The van der Waals surface area contributed by atoms with E-state index in [1.54, 1.807) is 32.9 Å². The van der Waals surface area contributed by atoms with Crippen molar-refractivity contribution >= 4 is 16.1 Å². The second-order valence-corrected chi connectivity index (χ2v) is 7.71. The van der Waals surface area contributed by atoms with E-state index in [0.29, 0.717) is 6.61 Å². The van der Waals surface area contributed by atoms with Gasteiger partial charge in [0.2, 0.25) is 0 Å². The number of hydrogen-bond acceptors (Lipinski definition) is 7. The summed E-state index contributed by atoms with van der Waals surface area (Å²) in [5.74, 6) is 0.200. The summed E-state index contributed by atoms with van der Waals surface area (Å²) in [6.07, 6.45) is 1.39. The summed E-state index contributed by atoms with van der Waals surface area (Å²) in [5, 5.41) is 8.43. The van der Waals surface area contributed by atoms with Gasteiger partial charge in [0.1, 0.15) is 19.9 Å². The molecule has 0 saturated carbocycles. The number of nitrogens with zero attached hydrogens (tertiary/aromatic N) is 1. The van der Waals surface area contributed by atoms with E-state index < -0.39 is 21.1 Å². The van der Waals surface area contributed by atoms with Gasteiger partial charge in [-0.1, -0.05) is 0 Å². The fourth-order valence-corrected chi connectivity index (χ4v) is 4.63. The zero-order valence-corrected chi connectivity index (χ0v) is 14.4. The lowest BCUT2D eigenvalue weighted by molar-refractivity contribution is 0.120. The van der Waals surface area contributed by atoms with Gasteiger partial charge in [-0.3, -0.25) is 9.55 Å². The Bertz CT molecular complexity index is 516. The Labute approximate surface area is 125 Å². The largest absolute Gasteiger partial charge is 0.492 e. The van der Waals surface area contributed by atoms with E-state index in [2.05, 4.69) is 4.98 Å². The number of hydrogen-bond donors (Lipinski definition) is 1. The molecule has 0 saturated heterocycles. The van der Waals surface area contributed by atoms with Crippen molar-refractivity contribution in [3.05, 3.63) is 24.0 Å². The van der Waals surface area contributed by atoms with Gasteiger partial charge in [-0.25, -0.2) is 0 Å². The van der Waals surface area contributed by atoms with Gasteiger partial charge in [0.25, 0.3) is 5.08 Å². The lowest BCUT2D eigenvalue weighted by Crippen LogP contribution is -2.24. The molecule has 7 nitrogen and oxygen atoms in total. The molecule has 2 atom stereocenters. The molecule has 1 aromatic rings. The number of aromatic nitrogens is 1. The van der Waals surface area contributed by atoms with E-state index in [1.807, 2.05) is 0 Å². The average molecular weight is 337 g/mol. The van der Waals surface area contributed by atoms with E-state index in [1.165, 1.54) is 6.20 Å². The summed E-state index contributed by atoms with van der Waals surface area (Å²) in [4.78, 5) is 3.98. The fourth-order valence-electron chi connectivity index (χ4n) is 1.76. The normalized spacial score (nSPS) is 15.2. The molecule has 0 fully saturated rings. The molecule has 0 radical (unpaired) electrons. The summed E-state index contributed by atoms with van der Waals surface area (Å²) >= 11 is 0. The highest BCUT2D eigenvalue weighted by Gasteiger charge is 2.53. The first kappa shape index (κ1) is 18.3. The highest BCUT2D eigenvalue weighted by Crippen LogP contribution is 2.68. The zero-order chi connectivity index (χ0) is 15.9. The number of ether oxygens (including phenoxy) is 1. The maximum Gasteiger partial charge on any atom is 0.375 e. The molecule has 0 bridgehead atoms. The molecule has 9 heteroatoms. The lowest BCUT2D eigenvalue weighted by Gasteiger charge is -2.30. The van der Waals surface area contributed by atoms with E-state index in [0.717, 1.165) is 0 Å². The number of aliphatic hydroxyl groups is 1. The Morgan fingerprint density at radius 2 is 1.90 bits per heavy atom. The third-order valence-corrected chi connectivity index (χ3v) is 6.71. The van der Waals surface area contributed by atoms with Crippen molar-refractivity contribution in [3.8, 4) is 5.75 Å². The van der Waals surface area contributed by atoms with Crippen LogP contribution in [0.4, 0.5) is 0 Å². The number of rotatable bonds is 9. The summed E-state index contributed by atoms with van der Waals surface area (Å²) in [7, 11) is -6.03. The quantitative estimate of drug-likeness (QED) is 0.692. The molecule has 0 spiro atoms. The molecule has 0 aliphatic carbocycles. The van der Waals surface area contributed by atoms with Crippen LogP contribution in [0, 0.1) is 0 Å². The van der Waals surface area contributed by atoms with Crippen LogP contribution < -0.4 is 4.74 Å². The molecule has 0 aromatic carbocycles. The molecular weight excluding hydrogens is 316 g/mol. The molecule has 0 aliphatic heterocycles. The van der Waals surface area contributed by atoms with Crippen LogP contribution >= 0.6 is 16.1 Å². The van der Waals surface area contributed by atoms with Crippen LogP contribution in [0.5, 0.6) is 5.75 Å². The molecule has 0 amide bonds. The van der Waals surface area contributed by atoms with Crippen LogP contribution in [0.2, 0.25) is 0 Å².